The van der Waals surface area contributed by atoms with Gasteiger partial charge in [-0.25, -0.2) is 9.18 Å². The van der Waals surface area contributed by atoms with Crippen LogP contribution >= 0.6 is 0 Å². The second-order valence-corrected chi connectivity index (χ2v) is 6.42. The molecule has 1 aromatic heterocycles. The van der Waals surface area contributed by atoms with Gasteiger partial charge in [0.15, 0.2) is 5.75 Å². The van der Waals surface area contributed by atoms with Gasteiger partial charge in [-0.1, -0.05) is 12.1 Å². The molecule has 0 aliphatic carbocycles. The van der Waals surface area contributed by atoms with Crippen LogP contribution in [0.4, 0.5) is 4.39 Å². The molecule has 0 saturated heterocycles. The third-order valence-corrected chi connectivity index (χ3v) is 4.74. The highest BCUT2D eigenvalue weighted by atomic mass is 19.1. The quantitative estimate of drug-likeness (QED) is 0.732. The van der Waals surface area contributed by atoms with Crippen molar-refractivity contribution >= 4 is 11.9 Å². The van der Waals surface area contributed by atoms with E-state index < -0.39 is 17.4 Å². The number of nitrogens with zero attached hydrogens (tertiary/aromatic N) is 2. The molecule has 0 atom stereocenters. The summed E-state index contributed by atoms with van der Waals surface area (Å²) >= 11 is 0. The van der Waals surface area contributed by atoms with Gasteiger partial charge in [0.05, 0.1) is 19.3 Å². The smallest absolute Gasteiger partial charge is 0.355 e. The Morgan fingerprint density at radius 3 is 2.50 bits per heavy atom. The van der Waals surface area contributed by atoms with E-state index >= 15 is 0 Å². The van der Waals surface area contributed by atoms with Gasteiger partial charge in [0.25, 0.3) is 11.5 Å². The van der Waals surface area contributed by atoms with E-state index in [1.54, 1.807) is 24.0 Å². The predicted octanol–water partition coefficient (Wildman–Crippen LogP) is 1.91. The van der Waals surface area contributed by atoms with Crippen LogP contribution in [0.1, 0.15) is 38.9 Å². The van der Waals surface area contributed by atoms with Crippen molar-refractivity contribution in [2.75, 3.05) is 20.3 Å². The third kappa shape index (κ3) is 3.37. The second kappa shape index (κ2) is 7.84. The van der Waals surface area contributed by atoms with Gasteiger partial charge in [-0.3, -0.25) is 9.59 Å². The lowest BCUT2D eigenvalue weighted by atomic mass is 9.95. The lowest BCUT2D eigenvalue weighted by Gasteiger charge is -2.31. The summed E-state index contributed by atoms with van der Waals surface area (Å²) in [6.07, 6.45) is 0.362. The van der Waals surface area contributed by atoms with Gasteiger partial charge in [-0.15, -0.1) is 0 Å². The van der Waals surface area contributed by atoms with Crippen molar-refractivity contribution in [3.8, 4) is 5.75 Å². The maximum Gasteiger partial charge on any atom is 0.355 e. The number of benzene rings is 1. The number of aromatic nitrogens is 1. The van der Waals surface area contributed by atoms with Crippen LogP contribution in [0.15, 0.2) is 29.1 Å². The van der Waals surface area contributed by atoms with Gasteiger partial charge in [0.2, 0.25) is 0 Å². The summed E-state index contributed by atoms with van der Waals surface area (Å²) in [5.41, 5.74) is 0.769. The molecular weight excluding hydrogens is 367 g/mol. The Balaban J connectivity index is 2.07. The normalized spacial score (nSPS) is 13.3. The summed E-state index contributed by atoms with van der Waals surface area (Å²) in [4.78, 5) is 39.8. The molecule has 0 saturated carbocycles. The number of carbonyl (C=O) groups is 2. The first-order valence-corrected chi connectivity index (χ1v) is 8.89. The third-order valence-electron chi connectivity index (χ3n) is 4.74. The topological polar surface area (TPSA) is 77.8 Å². The van der Waals surface area contributed by atoms with E-state index in [0.29, 0.717) is 18.5 Å². The average molecular weight is 388 g/mol. The van der Waals surface area contributed by atoms with E-state index in [0.717, 1.165) is 5.56 Å². The standard InChI is InChI=1S/C20H21FN2O5/c1-4-28-20(26)16-14-9-10-23(11-12-5-7-13(21)8-6-12)18(24)15(14)17(27-3)19(25)22(16)2/h5-8H,4,9-11H2,1-3H3. The number of methoxy groups -OCH3 is 1. The molecule has 28 heavy (non-hydrogen) atoms. The van der Waals surface area contributed by atoms with Gasteiger partial charge < -0.3 is 18.9 Å². The van der Waals surface area contributed by atoms with Crippen LogP contribution in [0.5, 0.6) is 5.75 Å². The summed E-state index contributed by atoms with van der Waals surface area (Å²) in [7, 11) is 2.76. The summed E-state index contributed by atoms with van der Waals surface area (Å²) in [6.45, 7) is 2.42. The molecule has 0 unspecified atom stereocenters. The van der Waals surface area contributed by atoms with Crippen LogP contribution < -0.4 is 10.3 Å². The van der Waals surface area contributed by atoms with Gasteiger partial charge in [-0.2, -0.15) is 0 Å². The van der Waals surface area contributed by atoms with Gasteiger partial charge in [0.1, 0.15) is 11.5 Å². The first-order chi connectivity index (χ1) is 13.4. The van der Waals surface area contributed by atoms with Crippen molar-refractivity contribution in [3.05, 3.63) is 62.8 Å². The molecule has 0 radical (unpaired) electrons. The SMILES string of the molecule is CCOC(=O)c1c2c(c(OC)c(=O)n1C)C(=O)N(Cc1ccc(F)cc1)CC2. The molecule has 2 aromatic rings. The van der Waals surface area contributed by atoms with Crippen LogP contribution in [0.2, 0.25) is 0 Å². The van der Waals surface area contributed by atoms with Gasteiger partial charge >= 0.3 is 5.97 Å². The molecule has 3 rings (SSSR count). The molecule has 0 fully saturated rings. The van der Waals surface area contributed by atoms with E-state index in [1.807, 2.05) is 0 Å². The molecule has 2 heterocycles. The van der Waals surface area contributed by atoms with E-state index in [2.05, 4.69) is 0 Å². The minimum atomic E-state index is -0.652. The number of esters is 1. The summed E-state index contributed by atoms with van der Waals surface area (Å²) in [6, 6.07) is 5.85. The first kappa shape index (κ1) is 19.6. The largest absolute Gasteiger partial charge is 0.490 e. The number of fused-ring (bicyclic) bond motifs is 1. The number of carbonyl (C=O) groups excluding carboxylic acids is 2. The van der Waals surface area contributed by atoms with E-state index in [9.17, 15) is 18.8 Å². The van der Waals surface area contributed by atoms with Crippen LogP contribution in [0.3, 0.4) is 0 Å². The molecule has 1 amide bonds. The summed E-state index contributed by atoms with van der Waals surface area (Å²) in [5.74, 6) is -1.52. The molecule has 1 aliphatic heterocycles. The van der Waals surface area contributed by atoms with Crippen molar-refractivity contribution in [2.24, 2.45) is 7.05 Å². The van der Waals surface area contributed by atoms with Crippen LogP contribution in [-0.4, -0.2) is 41.6 Å². The van der Waals surface area contributed by atoms with E-state index in [-0.39, 0.29) is 36.0 Å². The molecular formula is C20H21FN2O5. The molecule has 0 N–H and O–H groups in total. The number of pyridine rings is 1. The number of rotatable bonds is 5. The Morgan fingerprint density at radius 1 is 1.21 bits per heavy atom. The minimum Gasteiger partial charge on any atom is -0.490 e. The fourth-order valence-electron chi connectivity index (χ4n) is 3.40. The highest BCUT2D eigenvalue weighted by molar-refractivity contribution is 6.02. The van der Waals surface area contributed by atoms with Crippen molar-refractivity contribution in [1.29, 1.82) is 0 Å². The predicted molar refractivity (Wildman–Crippen MR) is 99.0 cm³/mol. The van der Waals surface area contributed by atoms with E-state index in [4.69, 9.17) is 9.47 Å². The second-order valence-electron chi connectivity index (χ2n) is 6.42. The number of amides is 1. The number of ether oxygens (including phenoxy) is 2. The van der Waals surface area contributed by atoms with Crippen LogP contribution in [-0.2, 0) is 24.8 Å². The summed E-state index contributed by atoms with van der Waals surface area (Å²) in [5, 5.41) is 0. The van der Waals surface area contributed by atoms with Crippen LogP contribution in [0.25, 0.3) is 0 Å². The molecule has 7 nitrogen and oxygen atoms in total. The van der Waals surface area contributed by atoms with Crippen molar-refractivity contribution < 1.29 is 23.5 Å². The Morgan fingerprint density at radius 2 is 1.89 bits per heavy atom. The van der Waals surface area contributed by atoms with Crippen molar-refractivity contribution in [2.45, 2.75) is 19.9 Å². The monoisotopic (exact) mass is 388 g/mol. The maximum atomic E-state index is 13.1. The molecule has 8 heteroatoms. The molecule has 0 spiro atoms. The lowest BCUT2D eigenvalue weighted by Crippen LogP contribution is -2.41. The van der Waals surface area contributed by atoms with E-state index in [1.165, 1.54) is 30.9 Å². The fourth-order valence-corrected chi connectivity index (χ4v) is 3.40. The minimum absolute atomic E-state index is 0.0671. The van der Waals surface area contributed by atoms with Crippen molar-refractivity contribution in [1.82, 2.24) is 9.47 Å². The zero-order valence-corrected chi connectivity index (χ0v) is 16.0. The van der Waals surface area contributed by atoms with Crippen LogP contribution in [0, 0.1) is 5.82 Å². The number of hydrogen-bond donors (Lipinski definition) is 0. The Labute approximate surface area is 161 Å². The fraction of sp³-hybridized carbons (Fsp3) is 0.350. The number of hydrogen-bond acceptors (Lipinski definition) is 5. The molecule has 1 aliphatic rings. The highest BCUT2D eigenvalue weighted by Crippen LogP contribution is 2.29. The highest BCUT2D eigenvalue weighted by Gasteiger charge is 2.35. The molecule has 1 aromatic carbocycles. The zero-order chi connectivity index (χ0) is 20.4. The lowest BCUT2D eigenvalue weighted by molar-refractivity contribution is 0.0510. The van der Waals surface area contributed by atoms with Crippen molar-refractivity contribution in [3.63, 3.8) is 0 Å². The Bertz CT molecular complexity index is 982. The molecule has 148 valence electrons. The molecule has 0 bridgehead atoms. The Kier molecular flexibility index (Phi) is 5.48. The zero-order valence-electron chi connectivity index (χ0n) is 16.0. The first-order valence-electron chi connectivity index (χ1n) is 8.89. The average Bonchev–Trinajstić information content (AvgIpc) is 2.67. The van der Waals surface area contributed by atoms with Gasteiger partial charge in [0, 0.05) is 25.7 Å². The van der Waals surface area contributed by atoms with Gasteiger partial charge in [-0.05, 0) is 31.0 Å². The Hall–Kier alpha value is -3.16. The number of halogens is 1. The summed E-state index contributed by atoms with van der Waals surface area (Å²) < 4.78 is 24.6. The maximum absolute atomic E-state index is 13.1.